The predicted molar refractivity (Wildman–Crippen MR) is 129 cm³/mol. The van der Waals surface area contributed by atoms with Gasteiger partial charge in [-0.25, -0.2) is 0 Å². The Hall–Kier alpha value is -2.44. The zero-order valence-corrected chi connectivity index (χ0v) is 18.8. The Morgan fingerprint density at radius 1 is 0.938 bits per heavy atom. The van der Waals surface area contributed by atoms with Crippen molar-refractivity contribution in [3.8, 4) is 5.75 Å². The summed E-state index contributed by atoms with van der Waals surface area (Å²) < 4.78 is 5.91. The fourth-order valence-electron chi connectivity index (χ4n) is 3.90. The van der Waals surface area contributed by atoms with Crippen molar-refractivity contribution in [1.82, 2.24) is 5.32 Å². The molecule has 3 aromatic carbocycles. The lowest BCUT2D eigenvalue weighted by molar-refractivity contribution is 0.117. The molecule has 0 aliphatic heterocycles. The summed E-state index contributed by atoms with van der Waals surface area (Å²) >= 11 is 0. The molecule has 3 aromatic rings. The van der Waals surface area contributed by atoms with Crippen LogP contribution in [0, 0.1) is 0 Å². The second kappa shape index (κ2) is 12.6. The number of ether oxygens (including phenoxy) is 1. The number of unbranched alkanes of at least 4 members (excludes halogenated alkanes) is 2. The third-order valence-corrected chi connectivity index (χ3v) is 5.88. The van der Waals surface area contributed by atoms with Crippen LogP contribution in [0.3, 0.4) is 0 Å². The molecule has 0 aliphatic rings. The zero-order chi connectivity index (χ0) is 22.8. The van der Waals surface area contributed by atoms with Gasteiger partial charge >= 0.3 is 0 Å². The normalized spacial score (nSPS) is 13.3. The minimum Gasteiger partial charge on any atom is -0.508 e. The van der Waals surface area contributed by atoms with Gasteiger partial charge in [0.2, 0.25) is 0 Å². The van der Waals surface area contributed by atoms with Crippen molar-refractivity contribution >= 4 is 10.8 Å². The van der Waals surface area contributed by atoms with E-state index in [1.54, 1.807) is 12.1 Å². The largest absolute Gasteiger partial charge is 0.508 e. The lowest BCUT2D eigenvalue weighted by Gasteiger charge is -2.18. The number of aromatic hydroxyl groups is 1. The van der Waals surface area contributed by atoms with Gasteiger partial charge in [0.25, 0.3) is 0 Å². The maximum Gasteiger partial charge on any atom is 0.121 e. The quantitative estimate of drug-likeness (QED) is 0.288. The number of hydrogen-bond donors (Lipinski definition) is 4. The van der Waals surface area contributed by atoms with Crippen molar-refractivity contribution in [2.24, 2.45) is 0 Å². The number of nitrogens with one attached hydrogen (secondary N) is 1. The van der Waals surface area contributed by atoms with E-state index in [-0.39, 0.29) is 12.4 Å². The first-order valence-electron chi connectivity index (χ1n) is 11.5. The summed E-state index contributed by atoms with van der Waals surface area (Å²) in [5.74, 6) is 0.0471. The highest BCUT2D eigenvalue weighted by Gasteiger charge is 2.12. The maximum absolute atomic E-state index is 10.4. The van der Waals surface area contributed by atoms with Crippen LogP contribution in [0.1, 0.15) is 55.4 Å². The van der Waals surface area contributed by atoms with Crippen molar-refractivity contribution in [1.29, 1.82) is 0 Å². The van der Waals surface area contributed by atoms with E-state index in [1.807, 2.05) is 0 Å². The average molecular weight is 438 g/mol. The highest BCUT2D eigenvalue weighted by molar-refractivity contribution is 5.85. The van der Waals surface area contributed by atoms with E-state index in [4.69, 9.17) is 4.74 Å². The van der Waals surface area contributed by atoms with Gasteiger partial charge < -0.3 is 25.4 Å². The van der Waals surface area contributed by atoms with Crippen LogP contribution >= 0.6 is 0 Å². The Labute approximate surface area is 190 Å². The topological polar surface area (TPSA) is 82.0 Å². The molecule has 2 atom stereocenters. The summed E-state index contributed by atoms with van der Waals surface area (Å²) in [4.78, 5) is 0. The van der Waals surface area contributed by atoms with Crippen LogP contribution in [0.15, 0.2) is 60.7 Å². The molecule has 0 spiro atoms. The number of rotatable bonds is 13. The van der Waals surface area contributed by atoms with E-state index < -0.39 is 6.10 Å². The summed E-state index contributed by atoms with van der Waals surface area (Å²) in [6, 6.07) is 19.9. The minimum absolute atomic E-state index is 0.0471. The Balaban J connectivity index is 1.28. The van der Waals surface area contributed by atoms with Crippen LogP contribution in [-0.4, -0.2) is 34.5 Å². The number of hydrogen-bond acceptors (Lipinski definition) is 5. The summed E-state index contributed by atoms with van der Waals surface area (Å²) in [6.45, 7) is 3.72. The van der Waals surface area contributed by atoms with Crippen LogP contribution in [0.5, 0.6) is 5.75 Å². The number of aliphatic hydroxyl groups is 2. The fourth-order valence-corrected chi connectivity index (χ4v) is 3.90. The Morgan fingerprint density at radius 2 is 1.75 bits per heavy atom. The van der Waals surface area contributed by atoms with Crippen molar-refractivity contribution < 1.29 is 20.1 Å². The van der Waals surface area contributed by atoms with Crippen LogP contribution in [0.4, 0.5) is 0 Å². The first kappa shape index (κ1) is 24.2. The molecule has 2 unspecified atom stereocenters. The Kier molecular flexibility index (Phi) is 9.50. The third kappa shape index (κ3) is 7.04. The first-order chi connectivity index (χ1) is 15.6. The summed E-state index contributed by atoms with van der Waals surface area (Å²) in [7, 11) is 0. The van der Waals surface area contributed by atoms with Gasteiger partial charge in [-0.3, -0.25) is 0 Å². The van der Waals surface area contributed by atoms with Gasteiger partial charge in [0.1, 0.15) is 5.75 Å². The monoisotopic (exact) mass is 437 g/mol. The Morgan fingerprint density at radius 3 is 2.59 bits per heavy atom. The van der Waals surface area contributed by atoms with Crippen molar-refractivity contribution in [2.75, 3.05) is 13.2 Å². The molecular formula is C27H35NO4. The molecule has 3 rings (SSSR count). The molecule has 0 amide bonds. The van der Waals surface area contributed by atoms with Gasteiger partial charge in [0, 0.05) is 24.8 Å². The molecule has 0 aliphatic carbocycles. The second-order valence-electron chi connectivity index (χ2n) is 8.41. The highest BCUT2D eigenvalue weighted by atomic mass is 16.5. The third-order valence-electron chi connectivity index (χ3n) is 5.88. The van der Waals surface area contributed by atoms with Crippen LogP contribution in [0.25, 0.3) is 10.8 Å². The van der Waals surface area contributed by atoms with Crippen LogP contribution in [-0.2, 0) is 18.0 Å². The molecule has 5 heteroatoms. The fraction of sp³-hybridized carbons (Fsp3) is 0.407. The van der Waals surface area contributed by atoms with Crippen molar-refractivity contribution in [3.63, 3.8) is 0 Å². The lowest BCUT2D eigenvalue weighted by atomic mass is 10.0. The van der Waals surface area contributed by atoms with E-state index in [0.717, 1.165) is 32.3 Å². The van der Waals surface area contributed by atoms with Crippen LogP contribution in [0.2, 0.25) is 0 Å². The molecule has 172 valence electrons. The predicted octanol–water partition coefficient (Wildman–Crippen LogP) is 4.83. The molecule has 0 bridgehead atoms. The first-order valence-corrected chi connectivity index (χ1v) is 11.5. The van der Waals surface area contributed by atoms with Gasteiger partial charge in [-0.05, 0) is 53.8 Å². The number of phenols is 1. The van der Waals surface area contributed by atoms with E-state index in [1.165, 1.54) is 22.4 Å². The SMILES string of the molecule is CC(CCCCCOCc1cccc2ccccc12)NCC(O)c1ccc(O)c(CO)c1. The molecular weight excluding hydrogens is 402 g/mol. The minimum atomic E-state index is -0.675. The maximum atomic E-state index is 10.4. The van der Waals surface area contributed by atoms with E-state index in [9.17, 15) is 15.3 Å². The molecule has 0 radical (unpaired) electrons. The van der Waals surface area contributed by atoms with E-state index >= 15 is 0 Å². The summed E-state index contributed by atoms with van der Waals surface area (Å²) in [6.07, 6.45) is 3.62. The van der Waals surface area contributed by atoms with Gasteiger partial charge in [-0.15, -0.1) is 0 Å². The van der Waals surface area contributed by atoms with Gasteiger partial charge in [-0.2, -0.15) is 0 Å². The summed E-state index contributed by atoms with van der Waals surface area (Å²) in [5.41, 5.74) is 2.35. The number of benzene rings is 3. The van der Waals surface area contributed by atoms with E-state index in [0.29, 0.717) is 30.3 Å². The molecule has 0 aromatic heterocycles. The molecule has 5 nitrogen and oxygen atoms in total. The standard InChI is InChI=1S/C27H35NO4/c1-20(28-17-27(31)22-13-14-26(30)24(16-22)18-29)8-3-2-6-15-32-19-23-11-7-10-21-9-4-5-12-25(21)23/h4-5,7,9-14,16,20,27-31H,2-3,6,8,15,17-19H2,1H3. The van der Waals surface area contributed by atoms with Gasteiger partial charge in [0.05, 0.1) is 19.3 Å². The lowest BCUT2D eigenvalue weighted by Crippen LogP contribution is -2.30. The zero-order valence-electron chi connectivity index (χ0n) is 18.8. The molecule has 4 N–H and O–H groups in total. The molecule has 0 heterocycles. The van der Waals surface area contributed by atoms with Gasteiger partial charge in [-0.1, -0.05) is 61.4 Å². The van der Waals surface area contributed by atoms with Gasteiger partial charge in [0.15, 0.2) is 0 Å². The van der Waals surface area contributed by atoms with E-state index in [2.05, 4.69) is 54.7 Å². The summed E-state index contributed by atoms with van der Waals surface area (Å²) in [5, 5.41) is 35.1. The van der Waals surface area contributed by atoms with Crippen LogP contribution < -0.4 is 5.32 Å². The second-order valence-corrected chi connectivity index (χ2v) is 8.41. The van der Waals surface area contributed by atoms with Crippen molar-refractivity contribution in [3.05, 3.63) is 77.4 Å². The smallest absolute Gasteiger partial charge is 0.121 e. The number of aliphatic hydroxyl groups excluding tert-OH is 2. The average Bonchev–Trinajstić information content (AvgIpc) is 2.82. The number of fused-ring (bicyclic) bond motifs is 1. The molecule has 0 saturated carbocycles. The molecule has 32 heavy (non-hydrogen) atoms. The molecule has 0 saturated heterocycles. The highest BCUT2D eigenvalue weighted by Crippen LogP contribution is 2.22. The molecule has 0 fully saturated rings. The van der Waals surface area contributed by atoms with Crippen molar-refractivity contribution in [2.45, 2.75) is 58.0 Å². The Bertz CT molecular complexity index is 970.